The van der Waals surface area contributed by atoms with Crippen LogP contribution in [0.4, 0.5) is 0 Å². The predicted octanol–water partition coefficient (Wildman–Crippen LogP) is 4.42. The first-order valence-corrected chi connectivity index (χ1v) is 8.06. The summed E-state index contributed by atoms with van der Waals surface area (Å²) in [5.41, 5.74) is 2.32. The molecule has 4 aromatic rings. The summed E-state index contributed by atoms with van der Waals surface area (Å²) in [6.07, 6.45) is 3.33. The molecule has 0 aliphatic rings. The molecule has 0 saturated heterocycles. The first kappa shape index (κ1) is 15.1. The number of nitrogens with one attached hydrogen (secondary N) is 1. The van der Waals surface area contributed by atoms with Crippen molar-refractivity contribution < 1.29 is 9.21 Å². The van der Waals surface area contributed by atoms with Crippen molar-refractivity contribution in [3.05, 3.63) is 90.3 Å². The number of furan rings is 1. The van der Waals surface area contributed by atoms with Crippen LogP contribution in [0, 0.1) is 0 Å². The summed E-state index contributed by atoms with van der Waals surface area (Å²) in [7, 11) is 0. The fraction of sp³-hybridized carbons (Fsp3) is 0.0476. The molecule has 4 nitrogen and oxygen atoms in total. The minimum Gasteiger partial charge on any atom is -0.463 e. The molecule has 0 radical (unpaired) electrons. The topological polar surface area (TPSA) is 55.1 Å². The Morgan fingerprint density at radius 2 is 1.84 bits per heavy atom. The number of hydrogen-bond acceptors (Lipinski definition) is 3. The molecule has 0 atom stereocenters. The highest BCUT2D eigenvalue weighted by atomic mass is 16.3. The van der Waals surface area contributed by atoms with E-state index >= 15 is 0 Å². The van der Waals surface area contributed by atoms with Crippen molar-refractivity contribution in [2.75, 3.05) is 0 Å². The average Bonchev–Trinajstić information content (AvgIpc) is 3.20. The van der Waals surface area contributed by atoms with Gasteiger partial charge in [0.2, 0.25) is 0 Å². The van der Waals surface area contributed by atoms with Crippen molar-refractivity contribution in [3.8, 4) is 11.5 Å². The summed E-state index contributed by atoms with van der Waals surface area (Å²) in [5, 5.41) is 4.98. The second-order valence-corrected chi connectivity index (χ2v) is 5.70. The van der Waals surface area contributed by atoms with Gasteiger partial charge in [-0.25, -0.2) is 0 Å². The number of carbonyl (C=O) groups is 1. The van der Waals surface area contributed by atoms with Gasteiger partial charge in [-0.2, -0.15) is 0 Å². The van der Waals surface area contributed by atoms with Crippen molar-refractivity contribution in [1.82, 2.24) is 10.3 Å². The zero-order valence-corrected chi connectivity index (χ0v) is 13.5. The molecule has 2 heterocycles. The van der Waals surface area contributed by atoms with Crippen LogP contribution in [0.3, 0.4) is 0 Å². The number of aromatic nitrogens is 1. The third kappa shape index (κ3) is 3.02. The zero-order chi connectivity index (χ0) is 17.1. The molecule has 1 amide bonds. The van der Waals surface area contributed by atoms with Crippen molar-refractivity contribution in [2.24, 2.45) is 0 Å². The molecule has 2 aromatic carbocycles. The molecular formula is C21H16N2O2. The zero-order valence-electron chi connectivity index (χ0n) is 13.5. The number of amides is 1. The molecule has 0 saturated carbocycles. The molecule has 1 N–H and O–H groups in total. The monoisotopic (exact) mass is 328 g/mol. The van der Waals surface area contributed by atoms with E-state index in [0.29, 0.717) is 17.9 Å². The third-order valence-corrected chi connectivity index (χ3v) is 4.12. The van der Waals surface area contributed by atoms with Gasteiger partial charge in [0.1, 0.15) is 5.69 Å². The lowest BCUT2D eigenvalue weighted by Gasteiger charge is -2.10. The van der Waals surface area contributed by atoms with Crippen LogP contribution in [-0.2, 0) is 6.54 Å². The molecule has 0 fully saturated rings. The van der Waals surface area contributed by atoms with Crippen LogP contribution in [0.15, 0.2) is 83.6 Å². The highest BCUT2D eigenvalue weighted by Gasteiger charge is 2.12. The first-order chi connectivity index (χ1) is 12.3. The Kier molecular flexibility index (Phi) is 4.01. The van der Waals surface area contributed by atoms with E-state index in [1.54, 1.807) is 12.5 Å². The normalized spacial score (nSPS) is 10.7. The van der Waals surface area contributed by atoms with Gasteiger partial charge in [0.05, 0.1) is 6.26 Å². The molecule has 0 spiro atoms. The van der Waals surface area contributed by atoms with Crippen LogP contribution in [-0.4, -0.2) is 10.9 Å². The van der Waals surface area contributed by atoms with Crippen LogP contribution >= 0.6 is 0 Å². The minimum absolute atomic E-state index is 0.106. The van der Waals surface area contributed by atoms with E-state index in [4.69, 9.17) is 4.42 Å². The Morgan fingerprint density at radius 3 is 2.72 bits per heavy atom. The van der Waals surface area contributed by atoms with Crippen LogP contribution in [0.25, 0.3) is 22.2 Å². The average molecular weight is 328 g/mol. The summed E-state index contributed by atoms with van der Waals surface area (Å²) in [6, 6.07) is 21.1. The van der Waals surface area contributed by atoms with Gasteiger partial charge in [0.15, 0.2) is 5.76 Å². The highest BCUT2D eigenvalue weighted by Crippen LogP contribution is 2.22. The fourth-order valence-electron chi connectivity index (χ4n) is 2.91. The number of hydrogen-bond donors (Lipinski definition) is 1. The summed E-state index contributed by atoms with van der Waals surface area (Å²) < 4.78 is 5.43. The van der Waals surface area contributed by atoms with Crippen LogP contribution in [0.2, 0.25) is 0 Å². The van der Waals surface area contributed by atoms with E-state index < -0.39 is 0 Å². The molecule has 2 aromatic heterocycles. The van der Waals surface area contributed by atoms with Crippen molar-refractivity contribution in [2.45, 2.75) is 6.54 Å². The summed E-state index contributed by atoms with van der Waals surface area (Å²) >= 11 is 0. The molecular weight excluding hydrogens is 312 g/mol. The van der Waals surface area contributed by atoms with Crippen LogP contribution in [0.1, 0.15) is 15.9 Å². The number of carbonyl (C=O) groups excluding carboxylic acids is 1. The van der Waals surface area contributed by atoms with Crippen molar-refractivity contribution >= 4 is 16.7 Å². The number of rotatable bonds is 4. The molecule has 0 aliphatic carbocycles. The van der Waals surface area contributed by atoms with E-state index in [1.807, 2.05) is 66.7 Å². The van der Waals surface area contributed by atoms with E-state index in [1.165, 1.54) is 0 Å². The molecule has 0 bridgehead atoms. The number of fused-ring (bicyclic) bond motifs is 1. The maximum Gasteiger partial charge on any atom is 0.252 e. The second kappa shape index (κ2) is 6.61. The summed E-state index contributed by atoms with van der Waals surface area (Å²) in [4.78, 5) is 17.1. The van der Waals surface area contributed by atoms with Gasteiger partial charge in [-0.05, 0) is 35.0 Å². The fourth-order valence-corrected chi connectivity index (χ4v) is 2.91. The van der Waals surface area contributed by atoms with Gasteiger partial charge < -0.3 is 9.73 Å². The van der Waals surface area contributed by atoms with E-state index in [2.05, 4.69) is 10.3 Å². The van der Waals surface area contributed by atoms with Crippen molar-refractivity contribution in [1.29, 1.82) is 0 Å². The van der Waals surface area contributed by atoms with E-state index in [9.17, 15) is 4.79 Å². The minimum atomic E-state index is -0.106. The molecule has 4 heteroatoms. The number of nitrogens with zero attached hydrogens (tertiary/aromatic N) is 1. The maximum absolute atomic E-state index is 12.7. The van der Waals surface area contributed by atoms with Gasteiger partial charge in [0.25, 0.3) is 5.91 Å². The van der Waals surface area contributed by atoms with Gasteiger partial charge in [0, 0.05) is 23.9 Å². The molecule has 4 rings (SSSR count). The lowest BCUT2D eigenvalue weighted by Crippen LogP contribution is -2.23. The maximum atomic E-state index is 12.7. The van der Waals surface area contributed by atoms with Gasteiger partial charge in [-0.3, -0.25) is 9.78 Å². The Bertz CT molecular complexity index is 1020. The number of benzene rings is 2. The van der Waals surface area contributed by atoms with E-state index in [-0.39, 0.29) is 5.91 Å². The summed E-state index contributed by atoms with van der Waals surface area (Å²) in [6.45, 7) is 0.381. The lowest BCUT2D eigenvalue weighted by molar-refractivity contribution is 0.0952. The second-order valence-electron chi connectivity index (χ2n) is 5.70. The Balaban J connectivity index is 1.59. The molecule has 0 unspecified atom stereocenters. The molecule has 25 heavy (non-hydrogen) atoms. The largest absolute Gasteiger partial charge is 0.463 e. The van der Waals surface area contributed by atoms with Gasteiger partial charge in [-0.15, -0.1) is 0 Å². The first-order valence-electron chi connectivity index (χ1n) is 8.06. The van der Waals surface area contributed by atoms with E-state index in [0.717, 1.165) is 22.0 Å². The van der Waals surface area contributed by atoms with Crippen molar-refractivity contribution in [3.63, 3.8) is 0 Å². The Morgan fingerprint density at radius 1 is 0.960 bits per heavy atom. The highest BCUT2D eigenvalue weighted by molar-refractivity contribution is 6.07. The smallest absolute Gasteiger partial charge is 0.252 e. The van der Waals surface area contributed by atoms with Gasteiger partial charge >= 0.3 is 0 Å². The quantitative estimate of drug-likeness (QED) is 0.603. The Hall–Kier alpha value is -3.40. The third-order valence-electron chi connectivity index (χ3n) is 4.12. The molecule has 122 valence electrons. The predicted molar refractivity (Wildman–Crippen MR) is 97.1 cm³/mol. The molecule has 0 aliphatic heterocycles. The number of pyridine rings is 1. The summed E-state index contributed by atoms with van der Waals surface area (Å²) in [5.74, 6) is 0.584. The lowest BCUT2D eigenvalue weighted by atomic mass is 10.0. The van der Waals surface area contributed by atoms with Crippen LogP contribution in [0.5, 0.6) is 0 Å². The van der Waals surface area contributed by atoms with Crippen LogP contribution < -0.4 is 5.32 Å². The van der Waals surface area contributed by atoms with Gasteiger partial charge in [-0.1, -0.05) is 42.5 Å². The standard InChI is InChI=1S/C21H16N2O2/c24-21(18-10-3-7-15-6-1-2-9-17(15)18)23-14-16-8-4-12-22-20(16)19-11-5-13-25-19/h1-13H,14H2,(H,23,24). The Labute approximate surface area is 145 Å². The SMILES string of the molecule is O=C(NCc1cccnc1-c1ccco1)c1cccc2ccccc12.